The largest absolute Gasteiger partial charge is 0.497 e. The summed E-state index contributed by atoms with van der Waals surface area (Å²) >= 11 is 0. The highest BCUT2D eigenvalue weighted by Gasteiger charge is 2.27. The summed E-state index contributed by atoms with van der Waals surface area (Å²) in [5, 5.41) is 2.90. The van der Waals surface area contributed by atoms with E-state index in [0.29, 0.717) is 31.7 Å². The summed E-state index contributed by atoms with van der Waals surface area (Å²) in [6.07, 6.45) is 0.737. The van der Waals surface area contributed by atoms with Crippen LogP contribution in [0.15, 0.2) is 48.5 Å². The standard InChI is InChI=1S/C22H26N2O5/c1-27-18-7-3-5-16(11-18)9-10-21(25)23-13-20-14-24(22(26)15-29-20)17-6-4-8-19(12-17)28-2/h3-8,11-12,20H,9-10,13-15H2,1-2H3,(H,23,25). The summed E-state index contributed by atoms with van der Waals surface area (Å²) in [5.74, 6) is 1.30. The van der Waals surface area contributed by atoms with Gasteiger partial charge in [0, 0.05) is 24.7 Å². The van der Waals surface area contributed by atoms with Crippen molar-refractivity contribution in [3.05, 3.63) is 54.1 Å². The van der Waals surface area contributed by atoms with Crippen LogP contribution in [-0.2, 0) is 20.7 Å². The van der Waals surface area contributed by atoms with Crippen molar-refractivity contribution in [2.75, 3.05) is 38.8 Å². The summed E-state index contributed by atoms with van der Waals surface area (Å²) in [6, 6.07) is 15.0. The lowest BCUT2D eigenvalue weighted by atomic mass is 10.1. The molecule has 154 valence electrons. The molecular weight excluding hydrogens is 372 g/mol. The van der Waals surface area contributed by atoms with Crippen LogP contribution in [0, 0.1) is 0 Å². The fourth-order valence-electron chi connectivity index (χ4n) is 3.18. The van der Waals surface area contributed by atoms with Crippen LogP contribution in [-0.4, -0.2) is 51.8 Å². The first-order valence-electron chi connectivity index (χ1n) is 9.54. The zero-order valence-corrected chi connectivity index (χ0v) is 16.7. The average Bonchev–Trinajstić information content (AvgIpc) is 2.77. The van der Waals surface area contributed by atoms with Crippen molar-refractivity contribution in [2.45, 2.75) is 18.9 Å². The van der Waals surface area contributed by atoms with E-state index in [0.717, 1.165) is 17.0 Å². The lowest BCUT2D eigenvalue weighted by molar-refractivity contribution is -0.129. The zero-order valence-electron chi connectivity index (χ0n) is 16.7. The Bertz CT molecular complexity index is 855. The van der Waals surface area contributed by atoms with Gasteiger partial charge < -0.3 is 24.4 Å². The molecule has 2 amide bonds. The van der Waals surface area contributed by atoms with Crippen LogP contribution in [0.2, 0.25) is 0 Å². The van der Waals surface area contributed by atoms with Gasteiger partial charge >= 0.3 is 0 Å². The lowest BCUT2D eigenvalue weighted by Crippen LogP contribution is -2.50. The minimum atomic E-state index is -0.264. The zero-order chi connectivity index (χ0) is 20.6. The quantitative estimate of drug-likeness (QED) is 0.738. The van der Waals surface area contributed by atoms with Crippen LogP contribution in [0.5, 0.6) is 11.5 Å². The summed E-state index contributed by atoms with van der Waals surface area (Å²) in [6.45, 7) is 0.717. The second kappa shape index (κ2) is 9.93. The van der Waals surface area contributed by atoms with Crippen LogP contribution in [0.3, 0.4) is 0 Å². The van der Waals surface area contributed by atoms with Gasteiger partial charge in [0.05, 0.1) is 26.9 Å². The van der Waals surface area contributed by atoms with E-state index in [1.807, 2.05) is 48.5 Å². The maximum atomic E-state index is 12.3. The Balaban J connectivity index is 1.49. The maximum Gasteiger partial charge on any atom is 0.253 e. The molecule has 3 rings (SSSR count). The Morgan fingerprint density at radius 1 is 1.14 bits per heavy atom. The number of morpholine rings is 1. The topological polar surface area (TPSA) is 77.1 Å². The van der Waals surface area contributed by atoms with Crippen molar-refractivity contribution in [3.63, 3.8) is 0 Å². The van der Waals surface area contributed by atoms with Crippen LogP contribution in [0.4, 0.5) is 5.69 Å². The Kier molecular flexibility index (Phi) is 7.08. The first kappa shape index (κ1) is 20.7. The first-order valence-corrected chi connectivity index (χ1v) is 9.54. The fourth-order valence-corrected chi connectivity index (χ4v) is 3.18. The van der Waals surface area contributed by atoms with Crippen molar-refractivity contribution in [1.29, 1.82) is 0 Å². The molecule has 7 heteroatoms. The van der Waals surface area contributed by atoms with Crippen LogP contribution in [0.1, 0.15) is 12.0 Å². The number of aryl methyl sites for hydroxylation is 1. The molecule has 0 spiro atoms. The number of nitrogens with one attached hydrogen (secondary N) is 1. The molecule has 0 aromatic heterocycles. The molecule has 1 saturated heterocycles. The third-order valence-electron chi connectivity index (χ3n) is 4.80. The van der Waals surface area contributed by atoms with Crippen LogP contribution < -0.4 is 19.7 Å². The number of hydrogen-bond acceptors (Lipinski definition) is 5. The number of ether oxygens (including phenoxy) is 3. The van der Waals surface area contributed by atoms with Crippen molar-refractivity contribution in [2.24, 2.45) is 0 Å². The molecule has 1 atom stereocenters. The third-order valence-corrected chi connectivity index (χ3v) is 4.80. The molecule has 2 aromatic rings. The van der Waals surface area contributed by atoms with Gasteiger partial charge in [0.15, 0.2) is 0 Å². The van der Waals surface area contributed by atoms with Crippen molar-refractivity contribution in [1.82, 2.24) is 5.32 Å². The molecule has 2 aromatic carbocycles. The fraction of sp³-hybridized carbons (Fsp3) is 0.364. The van der Waals surface area contributed by atoms with Gasteiger partial charge in [-0.2, -0.15) is 0 Å². The highest BCUT2D eigenvalue weighted by atomic mass is 16.5. The number of benzene rings is 2. The molecule has 0 aliphatic carbocycles. The molecule has 1 unspecified atom stereocenters. The first-order chi connectivity index (χ1) is 14.1. The number of hydrogen-bond donors (Lipinski definition) is 1. The van der Waals surface area contributed by atoms with E-state index in [-0.39, 0.29) is 24.5 Å². The summed E-state index contributed by atoms with van der Waals surface area (Å²) in [5.41, 5.74) is 1.80. The third kappa shape index (κ3) is 5.71. The van der Waals surface area contributed by atoms with Crippen LogP contribution in [0.25, 0.3) is 0 Å². The summed E-state index contributed by atoms with van der Waals surface area (Å²) in [4.78, 5) is 26.1. The van der Waals surface area contributed by atoms with Crippen molar-refractivity contribution in [3.8, 4) is 11.5 Å². The minimum Gasteiger partial charge on any atom is -0.497 e. The predicted molar refractivity (Wildman–Crippen MR) is 109 cm³/mol. The smallest absolute Gasteiger partial charge is 0.253 e. The Morgan fingerprint density at radius 2 is 1.86 bits per heavy atom. The number of methoxy groups -OCH3 is 2. The minimum absolute atomic E-state index is 0.0123. The van der Waals surface area contributed by atoms with E-state index < -0.39 is 0 Å². The van der Waals surface area contributed by atoms with Crippen molar-refractivity contribution >= 4 is 17.5 Å². The number of nitrogens with zero attached hydrogens (tertiary/aromatic N) is 1. The number of carbonyl (C=O) groups is 2. The van der Waals surface area contributed by atoms with Gasteiger partial charge in [0.1, 0.15) is 18.1 Å². The van der Waals surface area contributed by atoms with Gasteiger partial charge in [-0.1, -0.05) is 18.2 Å². The normalized spacial score (nSPS) is 16.4. The van der Waals surface area contributed by atoms with Gasteiger partial charge in [0.2, 0.25) is 5.91 Å². The number of rotatable bonds is 8. The molecule has 1 aliphatic heterocycles. The van der Waals surface area contributed by atoms with E-state index in [9.17, 15) is 9.59 Å². The number of anilines is 1. The Labute approximate surface area is 170 Å². The Morgan fingerprint density at radius 3 is 2.62 bits per heavy atom. The van der Waals surface area contributed by atoms with Gasteiger partial charge in [-0.15, -0.1) is 0 Å². The van der Waals surface area contributed by atoms with Gasteiger partial charge in [-0.05, 0) is 36.2 Å². The average molecular weight is 398 g/mol. The molecule has 1 heterocycles. The van der Waals surface area contributed by atoms with Gasteiger partial charge in [0.25, 0.3) is 5.91 Å². The number of amides is 2. The molecular formula is C22H26N2O5. The van der Waals surface area contributed by atoms with E-state index in [4.69, 9.17) is 14.2 Å². The SMILES string of the molecule is COc1cccc(CCC(=O)NCC2CN(c3cccc(OC)c3)C(=O)CO2)c1. The maximum absolute atomic E-state index is 12.3. The predicted octanol–water partition coefficient (Wildman–Crippen LogP) is 2.18. The highest BCUT2D eigenvalue weighted by Crippen LogP contribution is 2.23. The van der Waals surface area contributed by atoms with E-state index in [1.54, 1.807) is 19.1 Å². The number of carbonyl (C=O) groups excluding carboxylic acids is 2. The van der Waals surface area contributed by atoms with E-state index in [2.05, 4.69) is 5.32 Å². The highest BCUT2D eigenvalue weighted by molar-refractivity contribution is 5.95. The van der Waals surface area contributed by atoms with Crippen LogP contribution >= 0.6 is 0 Å². The van der Waals surface area contributed by atoms with Crippen molar-refractivity contribution < 1.29 is 23.8 Å². The monoisotopic (exact) mass is 398 g/mol. The van der Waals surface area contributed by atoms with Gasteiger partial charge in [-0.3, -0.25) is 9.59 Å². The summed E-state index contributed by atoms with van der Waals surface area (Å²) in [7, 11) is 3.21. The second-order valence-electron chi connectivity index (χ2n) is 6.79. The summed E-state index contributed by atoms with van der Waals surface area (Å²) < 4.78 is 16.0. The molecule has 1 aliphatic rings. The van der Waals surface area contributed by atoms with Gasteiger partial charge in [-0.25, -0.2) is 0 Å². The van der Waals surface area contributed by atoms with E-state index >= 15 is 0 Å². The molecule has 1 N–H and O–H groups in total. The molecule has 1 fully saturated rings. The second-order valence-corrected chi connectivity index (χ2v) is 6.79. The lowest BCUT2D eigenvalue weighted by Gasteiger charge is -2.33. The van der Waals surface area contributed by atoms with E-state index in [1.165, 1.54) is 0 Å². The molecule has 0 bridgehead atoms. The molecule has 7 nitrogen and oxygen atoms in total. The molecule has 0 saturated carbocycles. The molecule has 29 heavy (non-hydrogen) atoms. The Hall–Kier alpha value is -3.06. The molecule has 0 radical (unpaired) electrons.